The van der Waals surface area contributed by atoms with Gasteiger partial charge in [-0.25, -0.2) is 4.79 Å². The fourth-order valence-electron chi connectivity index (χ4n) is 1.43. The summed E-state index contributed by atoms with van der Waals surface area (Å²) in [6.45, 7) is 1.87. The van der Waals surface area contributed by atoms with Crippen LogP contribution in [0.25, 0.3) is 0 Å². The number of ether oxygens (including phenoxy) is 1. The monoisotopic (exact) mass is 302 g/mol. The second kappa shape index (κ2) is 8.60. The van der Waals surface area contributed by atoms with Gasteiger partial charge in [-0.2, -0.15) is 0 Å². The molecule has 1 aromatic rings. The van der Waals surface area contributed by atoms with Gasteiger partial charge in [-0.05, 0) is 26.2 Å². The summed E-state index contributed by atoms with van der Waals surface area (Å²) in [5, 5.41) is 8.65. The molecule has 0 unspecified atom stereocenters. The number of aliphatic hydroxyl groups excluding tert-OH is 1. The number of unbranched alkanes of at least 4 members (excludes halogenated alkanes) is 2. The normalized spacial score (nSPS) is 10.5. The summed E-state index contributed by atoms with van der Waals surface area (Å²) < 4.78 is 5.39. The SMILES string of the molecule is CC(=O)CSc1c(OCCCCCO)[nH]c(=O)[nH]c1=O. The van der Waals surface area contributed by atoms with Gasteiger partial charge in [0.2, 0.25) is 5.88 Å². The number of thioether (sulfide) groups is 1. The number of carbonyl (C=O) groups is 1. The first-order valence-corrected chi connectivity index (χ1v) is 7.25. The van der Waals surface area contributed by atoms with Crippen LogP contribution in [0.3, 0.4) is 0 Å². The summed E-state index contributed by atoms with van der Waals surface area (Å²) >= 11 is 1.03. The molecule has 0 aliphatic heterocycles. The fraction of sp³-hybridized carbons (Fsp3) is 0.583. The van der Waals surface area contributed by atoms with Crippen LogP contribution in [-0.2, 0) is 4.79 Å². The number of hydrogen-bond acceptors (Lipinski definition) is 6. The average Bonchev–Trinajstić information content (AvgIpc) is 2.36. The smallest absolute Gasteiger partial charge is 0.328 e. The number of aromatic amines is 2. The fourth-order valence-corrected chi connectivity index (χ4v) is 2.20. The molecule has 0 saturated heterocycles. The van der Waals surface area contributed by atoms with Crippen molar-refractivity contribution >= 4 is 17.5 Å². The molecule has 3 N–H and O–H groups in total. The summed E-state index contributed by atoms with van der Waals surface area (Å²) in [7, 11) is 0. The first kappa shape index (κ1) is 16.5. The quantitative estimate of drug-likeness (QED) is 0.446. The van der Waals surface area contributed by atoms with Crippen molar-refractivity contribution in [2.45, 2.75) is 31.1 Å². The highest BCUT2D eigenvalue weighted by molar-refractivity contribution is 8.00. The van der Waals surface area contributed by atoms with Crippen LogP contribution < -0.4 is 16.0 Å². The van der Waals surface area contributed by atoms with E-state index in [0.29, 0.717) is 19.4 Å². The van der Waals surface area contributed by atoms with E-state index in [9.17, 15) is 14.4 Å². The Hall–Kier alpha value is -1.54. The molecule has 1 aromatic heterocycles. The van der Waals surface area contributed by atoms with Crippen molar-refractivity contribution in [1.82, 2.24) is 9.97 Å². The van der Waals surface area contributed by atoms with E-state index in [4.69, 9.17) is 9.84 Å². The Bertz CT molecular complexity index is 552. The van der Waals surface area contributed by atoms with Gasteiger partial charge >= 0.3 is 5.69 Å². The van der Waals surface area contributed by atoms with Gasteiger partial charge in [-0.15, -0.1) is 11.8 Å². The van der Waals surface area contributed by atoms with Crippen LogP contribution >= 0.6 is 11.8 Å². The van der Waals surface area contributed by atoms with Gasteiger partial charge in [0, 0.05) is 6.61 Å². The van der Waals surface area contributed by atoms with E-state index in [0.717, 1.165) is 18.2 Å². The van der Waals surface area contributed by atoms with E-state index in [2.05, 4.69) is 9.97 Å². The van der Waals surface area contributed by atoms with Crippen LogP contribution in [0, 0.1) is 0 Å². The molecule has 0 aromatic carbocycles. The Balaban J connectivity index is 2.73. The van der Waals surface area contributed by atoms with Crippen LogP contribution in [0.5, 0.6) is 5.88 Å². The van der Waals surface area contributed by atoms with E-state index in [-0.39, 0.29) is 28.9 Å². The standard InChI is InChI=1S/C12H18N2O5S/c1-8(16)7-20-9-10(17)13-12(18)14-11(9)19-6-4-2-3-5-15/h15H,2-7H2,1H3,(H2,13,14,17,18). The van der Waals surface area contributed by atoms with E-state index in [1.165, 1.54) is 6.92 Å². The first-order chi connectivity index (χ1) is 9.54. The van der Waals surface area contributed by atoms with E-state index >= 15 is 0 Å². The van der Waals surface area contributed by atoms with E-state index in [1.807, 2.05) is 0 Å². The molecule has 20 heavy (non-hydrogen) atoms. The third-order valence-corrected chi connectivity index (χ3v) is 3.55. The zero-order chi connectivity index (χ0) is 15.0. The number of nitrogens with one attached hydrogen (secondary N) is 2. The second-order valence-corrected chi connectivity index (χ2v) is 5.18. The Morgan fingerprint density at radius 1 is 1.25 bits per heavy atom. The minimum Gasteiger partial charge on any atom is -0.478 e. The van der Waals surface area contributed by atoms with Crippen molar-refractivity contribution in [3.8, 4) is 5.88 Å². The number of H-pyrrole nitrogens is 2. The Labute approximate surface area is 119 Å². The Kier molecular flexibility index (Phi) is 7.10. The highest BCUT2D eigenvalue weighted by Crippen LogP contribution is 2.22. The molecule has 0 radical (unpaired) electrons. The van der Waals surface area contributed by atoms with Gasteiger partial charge in [-0.1, -0.05) is 0 Å². The largest absolute Gasteiger partial charge is 0.478 e. The van der Waals surface area contributed by atoms with Crippen LogP contribution in [-0.4, -0.2) is 39.8 Å². The molecule has 0 saturated carbocycles. The summed E-state index contributed by atoms with van der Waals surface area (Å²) in [6.07, 6.45) is 2.17. The number of hydrogen-bond donors (Lipinski definition) is 3. The van der Waals surface area contributed by atoms with Crippen LogP contribution in [0.4, 0.5) is 0 Å². The molecule has 7 nitrogen and oxygen atoms in total. The average molecular weight is 302 g/mol. The van der Waals surface area contributed by atoms with Crippen molar-refractivity contribution in [2.24, 2.45) is 0 Å². The number of Topliss-reactive ketones (excluding diaryl/α,β-unsaturated/α-hetero) is 1. The summed E-state index contributed by atoms with van der Waals surface area (Å²) in [5.74, 6) is 0.152. The lowest BCUT2D eigenvalue weighted by atomic mass is 10.2. The molecule has 1 rings (SSSR count). The molecule has 0 aliphatic carbocycles. The number of carbonyl (C=O) groups excluding carboxylic acids is 1. The Morgan fingerprint density at radius 2 is 2.00 bits per heavy atom. The minimum atomic E-state index is -0.646. The maximum absolute atomic E-state index is 11.7. The van der Waals surface area contributed by atoms with Gasteiger partial charge in [0.1, 0.15) is 10.7 Å². The number of ketones is 1. The van der Waals surface area contributed by atoms with Crippen molar-refractivity contribution < 1.29 is 14.6 Å². The van der Waals surface area contributed by atoms with Crippen molar-refractivity contribution in [2.75, 3.05) is 19.0 Å². The zero-order valence-electron chi connectivity index (χ0n) is 11.2. The molecule has 8 heteroatoms. The molecule has 1 heterocycles. The van der Waals surface area contributed by atoms with Crippen LogP contribution in [0.15, 0.2) is 14.5 Å². The summed E-state index contributed by atoms with van der Waals surface area (Å²) in [4.78, 5) is 38.6. The lowest BCUT2D eigenvalue weighted by molar-refractivity contribution is -0.114. The Morgan fingerprint density at radius 3 is 2.65 bits per heavy atom. The summed E-state index contributed by atoms with van der Waals surface area (Å²) in [6, 6.07) is 0. The van der Waals surface area contributed by atoms with Crippen molar-refractivity contribution in [3.63, 3.8) is 0 Å². The van der Waals surface area contributed by atoms with Crippen LogP contribution in [0.2, 0.25) is 0 Å². The van der Waals surface area contributed by atoms with Gasteiger partial charge in [0.15, 0.2) is 0 Å². The molecular formula is C12H18N2O5S. The molecule has 0 aliphatic rings. The van der Waals surface area contributed by atoms with Crippen molar-refractivity contribution in [1.29, 1.82) is 0 Å². The number of aromatic nitrogens is 2. The van der Waals surface area contributed by atoms with Crippen LogP contribution in [0.1, 0.15) is 26.2 Å². The van der Waals surface area contributed by atoms with E-state index in [1.54, 1.807) is 0 Å². The molecule has 112 valence electrons. The predicted octanol–water partition coefficient (Wildman–Crippen LogP) is 0.286. The molecule has 0 spiro atoms. The molecular weight excluding hydrogens is 284 g/mol. The van der Waals surface area contributed by atoms with Gasteiger partial charge in [0.25, 0.3) is 5.56 Å². The number of aliphatic hydroxyl groups is 1. The minimum absolute atomic E-state index is 0.0745. The maximum Gasteiger partial charge on any atom is 0.328 e. The molecule has 0 amide bonds. The lowest BCUT2D eigenvalue weighted by Crippen LogP contribution is -2.25. The first-order valence-electron chi connectivity index (χ1n) is 6.27. The highest BCUT2D eigenvalue weighted by Gasteiger charge is 2.12. The van der Waals surface area contributed by atoms with Crippen molar-refractivity contribution in [3.05, 3.63) is 20.8 Å². The van der Waals surface area contributed by atoms with Gasteiger partial charge in [0.05, 0.1) is 12.4 Å². The molecule has 0 fully saturated rings. The zero-order valence-corrected chi connectivity index (χ0v) is 12.0. The van der Waals surface area contributed by atoms with E-state index < -0.39 is 11.2 Å². The third-order valence-electron chi connectivity index (χ3n) is 2.34. The second-order valence-electron chi connectivity index (χ2n) is 4.19. The van der Waals surface area contributed by atoms with Gasteiger partial charge in [-0.3, -0.25) is 19.6 Å². The molecule has 0 atom stereocenters. The highest BCUT2D eigenvalue weighted by atomic mass is 32.2. The van der Waals surface area contributed by atoms with Gasteiger partial charge < -0.3 is 9.84 Å². The molecule has 0 bridgehead atoms. The lowest BCUT2D eigenvalue weighted by Gasteiger charge is -2.09. The topological polar surface area (TPSA) is 112 Å². The predicted molar refractivity (Wildman–Crippen MR) is 75.5 cm³/mol. The summed E-state index contributed by atoms with van der Waals surface area (Å²) in [5.41, 5.74) is -1.21. The number of rotatable bonds is 9. The third kappa shape index (κ3) is 5.62. The maximum atomic E-state index is 11.7.